The fourth-order valence-electron chi connectivity index (χ4n) is 2.47. The summed E-state index contributed by atoms with van der Waals surface area (Å²) < 4.78 is 3.97. The number of hydrogen-bond acceptors (Lipinski definition) is 4. The first-order valence-electron chi connectivity index (χ1n) is 6.83. The molecule has 0 spiro atoms. The Kier molecular flexibility index (Phi) is 3.08. The van der Waals surface area contributed by atoms with Crippen LogP contribution in [0.15, 0.2) is 55.1 Å². The van der Waals surface area contributed by atoms with Gasteiger partial charge >= 0.3 is 0 Å². The number of amides is 1. The highest BCUT2D eigenvalue weighted by Crippen LogP contribution is 2.35. The molecule has 2 aromatic heterocycles. The van der Waals surface area contributed by atoms with Crippen LogP contribution in [0.1, 0.15) is 0 Å². The molecule has 0 saturated carbocycles. The number of hydrogen-bond donors (Lipinski definition) is 1. The molecule has 0 radical (unpaired) electrons. The van der Waals surface area contributed by atoms with Crippen LogP contribution in [0.3, 0.4) is 0 Å². The molecule has 4 aromatic rings. The highest BCUT2D eigenvalue weighted by Gasteiger charge is 2.08. The Bertz CT molecular complexity index is 959. The third kappa shape index (κ3) is 2.33. The quantitative estimate of drug-likeness (QED) is 0.632. The fraction of sp³-hybridized carbons (Fsp3) is 0.0625. The number of rotatable bonds is 3. The van der Waals surface area contributed by atoms with Gasteiger partial charge in [0.15, 0.2) is 0 Å². The monoisotopic (exact) mass is 308 g/mol. The Morgan fingerprint density at radius 2 is 2.00 bits per heavy atom. The van der Waals surface area contributed by atoms with E-state index in [9.17, 15) is 4.79 Å². The van der Waals surface area contributed by atoms with Crippen LogP contribution < -0.4 is 5.32 Å². The molecule has 1 N–H and O–H groups in total. The van der Waals surface area contributed by atoms with Crippen LogP contribution in [0.25, 0.3) is 20.2 Å². The number of anilines is 1. The molecule has 4 rings (SSSR count). The summed E-state index contributed by atoms with van der Waals surface area (Å²) in [7, 11) is 0. The minimum atomic E-state index is -0.121. The number of nitrogens with zero attached hydrogens (tertiary/aromatic N) is 3. The third-order valence-corrected chi connectivity index (χ3v) is 4.58. The topological polar surface area (TPSA) is 59.8 Å². The summed E-state index contributed by atoms with van der Waals surface area (Å²) in [5.74, 6) is -0.121. The predicted octanol–water partition coefficient (Wildman–Crippen LogP) is 3.28. The SMILES string of the molecule is O=C(Cn1cncn1)Nc1ccc2sc3ccccc3c2c1. The van der Waals surface area contributed by atoms with Crippen LogP contribution in [0.5, 0.6) is 0 Å². The molecule has 5 nitrogen and oxygen atoms in total. The van der Waals surface area contributed by atoms with Crippen molar-refractivity contribution in [1.29, 1.82) is 0 Å². The van der Waals surface area contributed by atoms with Gasteiger partial charge in [-0.3, -0.25) is 4.79 Å². The van der Waals surface area contributed by atoms with Gasteiger partial charge in [0, 0.05) is 25.9 Å². The number of thiophene rings is 1. The van der Waals surface area contributed by atoms with E-state index in [4.69, 9.17) is 0 Å². The van der Waals surface area contributed by atoms with Crippen molar-refractivity contribution < 1.29 is 4.79 Å². The van der Waals surface area contributed by atoms with Gasteiger partial charge in [0.1, 0.15) is 19.2 Å². The van der Waals surface area contributed by atoms with Crippen molar-refractivity contribution in [2.45, 2.75) is 6.54 Å². The molecule has 0 aliphatic rings. The maximum Gasteiger partial charge on any atom is 0.246 e. The zero-order valence-corrected chi connectivity index (χ0v) is 12.4. The van der Waals surface area contributed by atoms with E-state index in [0.717, 1.165) is 5.69 Å². The first-order valence-corrected chi connectivity index (χ1v) is 7.65. The number of nitrogens with one attached hydrogen (secondary N) is 1. The van der Waals surface area contributed by atoms with Crippen molar-refractivity contribution in [3.63, 3.8) is 0 Å². The number of carbonyl (C=O) groups excluding carboxylic acids is 1. The lowest BCUT2D eigenvalue weighted by atomic mass is 10.1. The molecule has 0 unspecified atom stereocenters. The van der Waals surface area contributed by atoms with Gasteiger partial charge in [0.05, 0.1) is 0 Å². The molecule has 22 heavy (non-hydrogen) atoms. The van der Waals surface area contributed by atoms with Crippen LogP contribution in [0.4, 0.5) is 5.69 Å². The molecule has 108 valence electrons. The van der Waals surface area contributed by atoms with E-state index >= 15 is 0 Å². The van der Waals surface area contributed by atoms with Crippen molar-refractivity contribution in [2.75, 3.05) is 5.32 Å². The Labute approximate surface area is 130 Å². The van der Waals surface area contributed by atoms with Crippen molar-refractivity contribution in [1.82, 2.24) is 14.8 Å². The van der Waals surface area contributed by atoms with Crippen LogP contribution in [-0.4, -0.2) is 20.7 Å². The van der Waals surface area contributed by atoms with Crippen molar-refractivity contribution in [2.24, 2.45) is 0 Å². The largest absolute Gasteiger partial charge is 0.324 e. The Morgan fingerprint density at radius 1 is 1.14 bits per heavy atom. The maximum atomic E-state index is 12.0. The molecular formula is C16H12N4OS. The van der Waals surface area contributed by atoms with E-state index in [-0.39, 0.29) is 12.5 Å². The predicted molar refractivity (Wildman–Crippen MR) is 88.0 cm³/mol. The molecule has 6 heteroatoms. The van der Waals surface area contributed by atoms with E-state index < -0.39 is 0 Å². The summed E-state index contributed by atoms with van der Waals surface area (Å²) in [5.41, 5.74) is 0.793. The molecular weight excluding hydrogens is 296 g/mol. The molecule has 0 atom stereocenters. The molecule has 0 aliphatic carbocycles. The Hall–Kier alpha value is -2.73. The molecule has 2 aromatic carbocycles. The maximum absolute atomic E-state index is 12.0. The van der Waals surface area contributed by atoms with Crippen LogP contribution in [0, 0.1) is 0 Å². The number of aromatic nitrogens is 3. The summed E-state index contributed by atoms with van der Waals surface area (Å²) in [6, 6.07) is 14.3. The zero-order chi connectivity index (χ0) is 14.9. The zero-order valence-electron chi connectivity index (χ0n) is 11.6. The molecule has 0 saturated heterocycles. The van der Waals surface area contributed by atoms with Gasteiger partial charge in [-0.1, -0.05) is 18.2 Å². The molecule has 0 aliphatic heterocycles. The molecule has 0 bridgehead atoms. The van der Waals surface area contributed by atoms with Gasteiger partial charge in [-0.05, 0) is 24.3 Å². The smallest absolute Gasteiger partial charge is 0.246 e. The van der Waals surface area contributed by atoms with Crippen molar-refractivity contribution >= 4 is 43.1 Å². The summed E-state index contributed by atoms with van der Waals surface area (Å²) in [6.45, 7) is 0.155. The van der Waals surface area contributed by atoms with Crippen LogP contribution >= 0.6 is 11.3 Å². The second-order valence-electron chi connectivity index (χ2n) is 4.95. The van der Waals surface area contributed by atoms with Gasteiger partial charge in [0.25, 0.3) is 0 Å². The summed E-state index contributed by atoms with van der Waals surface area (Å²) in [4.78, 5) is 15.8. The van der Waals surface area contributed by atoms with Gasteiger partial charge < -0.3 is 5.32 Å². The van der Waals surface area contributed by atoms with Crippen molar-refractivity contribution in [3.8, 4) is 0 Å². The lowest BCUT2D eigenvalue weighted by Gasteiger charge is -2.05. The molecule has 1 amide bonds. The van der Waals surface area contributed by atoms with Crippen molar-refractivity contribution in [3.05, 3.63) is 55.1 Å². The van der Waals surface area contributed by atoms with Gasteiger partial charge in [-0.25, -0.2) is 9.67 Å². The highest BCUT2D eigenvalue weighted by molar-refractivity contribution is 7.25. The first kappa shape index (κ1) is 13.0. The Balaban J connectivity index is 1.64. The van der Waals surface area contributed by atoms with E-state index in [0.29, 0.717) is 0 Å². The second-order valence-corrected chi connectivity index (χ2v) is 6.03. The summed E-state index contributed by atoms with van der Waals surface area (Å²) >= 11 is 1.76. The first-order chi connectivity index (χ1) is 10.8. The minimum absolute atomic E-state index is 0.121. The summed E-state index contributed by atoms with van der Waals surface area (Å²) in [6.07, 6.45) is 2.94. The summed E-state index contributed by atoms with van der Waals surface area (Å²) in [5, 5.41) is 9.21. The second kappa shape index (κ2) is 5.23. The Morgan fingerprint density at radius 3 is 2.86 bits per heavy atom. The van der Waals surface area contributed by atoms with Gasteiger partial charge in [0.2, 0.25) is 5.91 Å². The standard InChI is InChI=1S/C16H12N4OS/c21-16(8-20-10-17-9-18-20)19-11-5-6-15-13(7-11)12-3-1-2-4-14(12)22-15/h1-7,9-10H,8H2,(H,19,21). The van der Waals surface area contributed by atoms with E-state index in [2.05, 4.69) is 27.5 Å². The fourth-order valence-corrected chi connectivity index (χ4v) is 3.55. The number of carbonyl (C=O) groups is 1. The average Bonchev–Trinajstić information content (AvgIpc) is 3.14. The van der Waals surface area contributed by atoms with Crippen LogP contribution in [-0.2, 0) is 11.3 Å². The molecule has 2 heterocycles. The highest BCUT2D eigenvalue weighted by atomic mass is 32.1. The van der Waals surface area contributed by atoms with E-state index in [1.165, 1.54) is 37.5 Å². The lowest BCUT2D eigenvalue weighted by Crippen LogP contribution is -2.18. The number of benzene rings is 2. The minimum Gasteiger partial charge on any atom is -0.324 e. The van der Waals surface area contributed by atoms with E-state index in [1.54, 1.807) is 11.3 Å². The van der Waals surface area contributed by atoms with Gasteiger partial charge in [-0.15, -0.1) is 11.3 Å². The normalized spacial score (nSPS) is 11.1. The van der Waals surface area contributed by atoms with E-state index in [1.807, 2.05) is 30.3 Å². The third-order valence-electron chi connectivity index (χ3n) is 3.43. The number of fused-ring (bicyclic) bond motifs is 3. The molecule has 0 fully saturated rings. The van der Waals surface area contributed by atoms with Crippen LogP contribution in [0.2, 0.25) is 0 Å². The average molecular weight is 308 g/mol. The lowest BCUT2D eigenvalue weighted by molar-refractivity contribution is -0.116. The van der Waals surface area contributed by atoms with Gasteiger partial charge in [-0.2, -0.15) is 5.10 Å².